The van der Waals surface area contributed by atoms with Gasteiger partial charge in [0.1, 0.15) is 18.7 Å². The van der Waals surface area contributed by atoms with Crippen molar-refractivity contribution in [3.63, 3.8) is 0 Å². The molecule has 2 rings (SSSR count). The van der Waals surface area contributed by atoms with E-state index in [2.05, 4.69) is 27.0 Å². The van der Waals surface area contributed by atoms with E-state index in [0.29, 0.717) is 5.82 Å². The van der Waals surface area contributed by atoms with E-state index in [0.717, 1.165) is 0 Å². The summed E-state index contributed by atoms with van der Waals surface area (Å²) in [5.41, 5.74) is 0.258. The minimum Gasteiger partial charge on any atom is -0.480 e. The lowest BCUT2D eigenvalue weighted by molar-refractivity contribution is -0.139. The quantitative estimate of drug-likeness (QED) is 0.745. The Morgan fingerprint density at radius 1 is 1.48 bits per heavy atom. The van der Waals surface area contributed by atoms with Crippen molar-refractivity contribution < 1.29 is 14.7 Å². The SMILES string of the molecule is C=CCC(NC(=O)c1ccc(-n2cncn2)nc1)C(=O)O. The Balaban J connectivity index is 2.09. The van der Waals surface area contributed by atoms with Gasteiger partial charge in [0.15, 0.2) is 5.82 Å². The van der Waals surface area contributed by atoms with Crippen molar-refractivity contribution in [1.29, 1.82) is 0 Å². The fourth-order valence-electron chi connectivity index (χ4n) is 1.61. The van der Waals surface area contributed by atoms with Gasteiger partial charge in [-0.25, -0.2) is 19.4 Å². The largest absolute Gasteiger partial charge is 0.480 e. The summed E-state index contributed by atoms with van der Waals surface area (Å²) >= 11 is 0. The predicted octanol–water partition coefficient (Wildman–Crippen LogP) is 0.421. The number of aliphatic carboxylic acids is 1. The van der Waals surface area contributed by atoms with E-state index in [-0.39, 0.29) is 12.0 Å². The normalized spacial score (nSPS) is 11.6. The summed E-state index contributed by atoms with van der Waals surface area (Å²) in [6.07, 6.45) is 5.78. The molecule has 0 spiro atoms. The van der Waals surface area contributed by atoms with Crippen LogP contribution in [0.2, 0.25) is 0 Å². The van der Waals surface area contributed by atoms with E-state index in [1.165, 1.54) is 35.7 Å². The number of rotatable bonds is 6. The van der Waals surface area contributed by atoms with E-state index in [1.54, 1.807) is 6.07 Å². The number of nitrogens with one attached hydrogen (secondary N) is 1. The highest BCUT2D eigenvalue weighted by Gasteiger charge is 2.19. The van der Waals surface area contributed by atoms with Crippen LogP contribution < -0.4 is 5.32 Å². The number of aromatic nitrogens is 4. The lowest BCUT2D eigenvalue weighted by Gasteiger charge is -2.12. The number of pyridine rings is 1. The molecule has 0 aliphatic rings. The third-order valence-corrected chi connectivity index (χ3v) is 2.67. The van der Waals surface area contributed by atoms with E-state index < -0.39 is 17.9 Å². The summed E-state index contributed by atoms with van der Waals surface area (Å²) < 4.78 is 1.44. The summed E-state index contributed by atoms with van der Waals surface area (Å²) in [4.78, 5) is 30.8. The van der Waals surface area contributed by atoms with E-state index >= 15 is 0 Å². The Bertz CT molecular complexity index is 636. The molecule has 2 heterocycles. The van der Waals surface area contributed by atoms with E-state index in [1.807, 2.05) is 0 Å². The average Bonchev–Trinajstić information content (AvgIpc) is 3.01. The van der Waals surface area contributed by atoms with Crippen LogP contribution in [-0.2, 0) is 4.79 Å². The third-order valence-electron chi connectivity index (χ3n) is 2.67. The molecule has 108 valence electrons. The molecule has 0 aliphatic carbocycles. The molecule has 0 saturated carbocycles. The van der Waals surface area contributed by atoms with Crippen LogP contribution in [0.1, 0.15) is 16.8 Å². The maximum absolute atomic E-state index is 11.9. The molecule has 2 aromatic heterocycles. The first-order chi connectivity index (χ1) is 10.1. The van der Waals surface area contributed by atoms with E-state index in [4.69, 9.17) is 5.11 Å². The molecule has 0 aromatic carbocycles. The Hall–Kier alpha value is -3.03. The maximum Gasteiger partial charge on any atom is 0.326 e. The molecule has 0 aliphatic heterocycles. The standard InChI is InChI=1S/C13H13N5O3/c1-2-3-10(13(20)21)17-12(19)9-4-5-11(15-6-9)18-8-14-7-16-18/h2,4-8,10H,1,3H2,(H,17,19)(H,20,21). The van der Waals surface area contributed by atoms with Gasteiger partial charge in [-0.05, 0) is 18.6 Å². The number of carboxylic acid groups (broad SMARTS) is 1. The maximum atomic E-state index is 11.9. The molecule has 21 heavy (non-hydrogen) atoms. The van der Waals surface area contributed by atoms with Gasteiger partial charge in [0, 0.05) is 6.20 Å². The Kier molecular flexibility index (Phi) is 4.39. The van der Waals surface area contributed by atoms with Crippen LogP contribution in [0.25, 0.3) is 5.82 Å². The number of carboxylic acids is 1. The number of carbonyl (C=O) groups is 2. The fraction of sp³-hybridized carbons (Fsp3) is 0.154. The van der Waals surface area contributed by atoms with Gasteiger partial charge in [0.25, 0.3) is 5.91 Å². The van der Waals surface area contributed by atoms with Gasteiger partial charge in [0.2, 0.25) is 0 Å². The van der Waals surface area contributed by atoms with Gasteiger partial charge < -0.3 is 10.4 Å². The van der Waals surface area contributed by atoms with Crippen LogP contribution in [0.4, 0.5) is 0 Å². The minimum atomic E-state index is -1.12. The van der Waals surface area contributed by atoms with Gasteiger partial charge in [-0.1, -0.05) is 6.08 Å². The summed E-state index contributed by atoms with van der Waals surface area (Å²) in [6.45, 7) is 3.46. The molecule has 2 aromatic rings. The summed E-state index contributed by atoms with van der Waals surface area (Å²) in [5.74, 6) is -1.12. The summed E-state index contributed by atoms with van der Waals surface area (Å²) in [6, 6.07) is 2.11. The first-order valence-corrected chi connectivity index (χ1v) is 6.07. The monoisotopic (exact) mass is 287 g/mol. The topological polar surface area (TPSA) is 110 Å². The summed E-state index contributed by atoms with van der Waals surface area (Å²) in [7, 11) is 0. The number of hydrogen-bond acceptors (Lipinski definition) is 5. The zero-order chi connectivity index (χ0) is 15.2. The lowest BCUT2D eigenvalue weighted by atomic mass is 10.2. The predicted molar refractivity (Wildman–Crippen MR) is 72.9 cm³/mol. The highest BCUT2D eigenvalue weighted by molar-refractivity contribution is 5.96. The number of carbonyl (C=O) groups excluding carboxylic acids is 1. The zero-order valence-electron chi connectivity index (χ0n) is 11.0. The molecule has 8 nitrogen and oxygen atoms in total. The second kappa shape index (κ2) is 6.42. The molecular formula is C13H13N5O3. The van der Waals surface area contributed by atoms with E-state index in [9.17, 15) is 9.59 Å². The van der Waals surface area contributed by atoms with Crippen molar-refractivity contribution in [2.75, 3.05) is 0 Å². The van der Waals surface area contributed by atoms with Crippen molar-refractivity contribution in [3.8, 4) is 5.82 Å². The minimum absolute atomic E-state index is 0.144. The van der Waals surface area contributed by atoms with Crippen molar-refractivity contribution in [2.45, 2.75) is 12.5 Å². The van der Waals surface area contributed by atoms with Crippen LogP contribution in [0.3, 0.4) is 0 Å². The van der Waals surface area contributed by atoms with Gasteiger partial charge in [-0.2, -0.15) is 5.10 Å². The highest BCUT2D eigenvalue weighted by Crippen LogP contribution is 2.05. The van der Waals surface area contributed by atoms with Crippen LogP contribution in [0, 0.1) is 0 Å². The molecule has 8 heteroatoms. The molecule has 1 amide bonds. The fourth-order valence-corrected chi connectivity index (χ4v) is 1.61. The third kappa shape index (κ3) is 3.50. The Labute approximate surface area is 120 Å². The van der Waals surface area contributed by atoms with Crippen LogP contribution in [0.5, 0.6) is 0 Å². The van der Waals surface area contributed by atoms with Crippen LogP contribution in [0.15, 0.2) is 43.6 Å². The van der Waals surface area contributed by atoms with Gasteiger partial charge in [-0.15, -0.1) is 6.58 Å². The van der Waals surface area contributed by atoms with Gasteiger partial charge in [0.05, 0.1) is 5.56 Å². The first kappa shape index (κ1) is 14.4. The lowest BCUT2D eigenvalue weighted by Crippen LogP contribution is -2.40. The molecule has 1 unspecified atom stereocenters. The highest BCUT2D eigenvalue weighted by atomic mass is 16.4. The van der Waals surface area contributed by atoms with Gasteiger partial charge >= 0.3 is 5.97 Å². The second-order valence-electron chi connectivity index (χ2n) is 4.13. The van der Waals surface area contributed by atoms with Crippen LogP contribution >= 0.6 is 0 Å². The van der Waals surface area contributed by atoms with Gasteiger partial charge in [-0.3, -0.25) is 4.79 Å². The molecule has 1 atom stereocenters. The second-order valence-corrected chi connectivity index (χ2v) is 4.13. The summed E-state index contributed by atoms with van der Waals surface area (Å²) in [5, 5.41) is 15.3. The van der Waals surface area contributed by atoms with Crippen molar-refractivity contribution in [3.05, 3.63) is 49.2 Å². The number of nitrogens with zero attached hydrogens (tertiary/aromatic N) is 4. The molecule has 0 fully saturated rings. The Morgan fingerprint density at radius 2 is 2.29 bits per heavy atom. The molecule has 0 radical (unpaired) electrons. The first-order valence-electron chi connectivity index (χ1n) is 6.07. The molecule has 0 bridgehead atoms. The van der Waals surface area contributed by atoms with Crippen LogP contribution in [-0.4, -0.2) is 42.8 Å². The zero-order valence-corrected chi connectivity index (χ0v) is 11.0. The van der Waals surface area contributed by atoms with Crippen molar-refractivity contribution in [1.82, 2.24) is 25.1 Å². The molecule has 2 N–H and O–H groups in total. The molecule has 0 saturated heterocycles. The van der Waals surface area contributed by atoms with Crippen molar-refractivity contribution >= 4 is 11.9 Å². The number of hydrogen-bond donors (Lipinski definition) is 2. The number of amides is 1. The average molecular weight is 287 g/mol. The molecular weight excluding hydrogens is 274 g/mol. The smallest absolute Gasteiger partial charge is 0.326 e. The van der Waals surface area contributed by atoms with Crippen molar-refractivity contribution in [2.24, 2.45) is 0 Å². The Morgan fingerprint density at radius 3 is 2.81 bits per heavy atom.